The molecule has 6 rings (SSSR count). The third kappa shape index (κ3) is 4.70. The van der Waals surface area contributed by atoms with Crippen molar-refractivity contribution in [1.29, 1.82) is 0 Å². The highest BCUT2D eigenvalue weighted by atomic mass is 16.2. The van der Waals surface area contributed by atoms with E-state index in [4.69, 9.17) is 4.98 Å². The Morgan fingerprint density at radius 3 is 2.38 bits per heavy atom. The molecule has 0 N–H and O–H groups in total. The molecule has 0 atom stereocenters. The van der Waals surface area contributed by atoms with E-state index >= 15 is 0 Å². The molecule has 37 heavy (non-hydrogen) atoms. The Labute approximate surface area is 215 Å². The van der Waals surface area contributed by atoms with Crippen molar-refractivity contribution in [2.75, 3.05) is 31.1 Å². The molecule has 0 spiro atoms. The van der Waals surface area contributed by atoms with Gasteiger partial charge in [-0.3, -0.25) is 9.48 Å². The van der Waals surface area contributed by atoms with E-state index in [2.05, 4.69) is 52.4 Å². The van der Waals surface area contributed by atoms with Gasteiger partial charge in [-0.2, -0.15) is 10.2 Å². The van der Waals surface area contributed by atoms with E-state index in [1.165, 1.54) is 5.56 Å². The van der Waals surface area contributed by atoms with Gasteiger partial charge >= 0.3 is 0 Å². The van der Waals surface area contributed by atoms with Crippen LogP contribution in [-0.2, 0) is 18.3 Å². The largest absolute Gasteiger partial charge is 0.353 e. The Balaban J connectivity index is 1.16. The molecule has 0 unspecified atom stereocenters. The van der Waals surface area contributed by atoms with E-state index in [-0.39, 0.29) is 5.91 Å². The predicted octanol–water partition coefficient (Wildman–Crippen LogP) is 4.00. The van der Waals surface area contributed by atoms with E-state index in [9.17, 15) is 4.79 Å². The zero-order valence-electron chi connectivity index (χ0n) is 21.1. The second-order valence-electron chi connectivity index (χ2n) is 9.64. The standard InChI is InChI=1S/C29H29N7O/c1-21-3-5-22(6-4-21)15-29(37)35-13-11-34(12-14-35)28-8-7-23(17-30-28)26-16-24(25-18-32-33(2)19-25)20-36-27(26)9-10-31-36/h3-10,16-20H,11-15H2,1-2H3. The van der Waals surface area contributed by atoms with Crippen LogP contribution in [0.1, 0.15) is 11.1 Å². The Morgan fingerprint density at radius 2 is 1.68 bits per heavy atom. The fourth-order valence-corrected chi connectivity index (χ4v) is 4.90. The van der Waals surface area contributed by atoms with Gasteiger partial charge in [0.05, 0.1) is 18.1 Å². The second kappa shape index (κ2) is 9.54. The number of aromatic nitrogens is 5. The summed E-state index contributed by atoms with van der Waals surface area (Å²) in [6, 6.07) is 16.6. The molecule has 0 saturated carbocycles. The summed E-state index contributed by atoms with van der Waals surface area (Å²) in [5.41, 5.74) is 7.50. The number of rotatable bonds is 5. The molecule has 4 aromatic heterocycles. The average Bonchev–Trinajstić information content (AvgIpc) is 3.58. The first-order valence-corrected chi connectivity index (χ1v) is 12.5. The molecule has 1 saturated heterocycles. The van der Waals surface area contributed by atoms with Crippen LogP contribution in [0.4, 0.5) is 5.82 Å². The molecule has 1 aliphatic heterocycles. The van der Waals surface area contributed by atoms with E-state index in [0.717, 1.165) is 52.2 Å². The van der Waals surface area contributed by atoms with Gasteiger partial charge in [0, 0.05) is 80.3 Å². The first kappa shape index (κ1) is 23.0. The van der Waals surface area contributed by atoms with Crippen molar-refractivity contribution in [3.8, 4) is 22.3 Å². The van der Waals surface area contributed by atoms with Crippen molar-refractivity contribution < 1.29 is 4.79 Å². The Bertz CT molecular complexity index is 1540. The molecule has 1 aliphatic rings. The highest BCUT2D eigenvalue weighted by Gasteiger charge is 2.22. The average molecular weight is 492 g/mol. The summed E-state index contributed by atoms with van der Waals surface area (Å²) in [6.07, 6.45) is 10.1. The summed E-state index contributed by atoms with van der Waals surface area (Å²) in [5, 5.41) is 8.78. The first-order chi connectivity index (χ1) is 18.0. The fraction of sp³-hybridized carbons (Fsp3) is 0.241. The van der Waals surface area contributed by atoms with Gasteiger partial charge in [-0.15, -0.1) is 0 Å². The molecule has 186 valence electrons. The molecule has 8 heteroatoms. The Morgan fingerprint density at radius 1 is 0.865 bits per heavy atom. The molecule has 1 fully saturated rings. The van der Waals surface area contributed by atoms with Crippen molar-refractivity contribution >= 4 is 17.2 Å². The molecule has 0 aliphatic carbocycles. The summed E-state index contributed by atoms with van der Waals surface area (Å²) in [4.78, 5) is 21.8. The molecule has 1 aromatic carbocycles. The topological polar surface area (TPSA) is 71.6 Å². The maximum atomic E-state index is 12.8. The molecule has 5 aromatic rings. The van der Waals surface area contributed by atoms with Crippen LogP contribution in [0, 0.1) is 6.92 Å². The minimum Gasteiger partial charge on any atom is -0.353 e. The lowest BCUT2D eigenvalue weighted by molar-refractivity contribution is -0.130. The summed E-state index contributed by atoms with van der Waals surface area (Å²) < 4.78 is 3.70. The zero-order valence-corrected chi connectivity index (χ0v) is 21.1. The van der Waals surface area contributed by atoms with Gasteiger partial charge < -0.3 is 9.80 Å². The van der Waals surface area contributed by atoms with Crippen molar-refractivity contribution in [3.05, 3.63) is 90.6 Å². The smallest absolute Gasteiger partial charge is 0.227 e. The lowest BCUT2D eigenvalue weighted by Gasteiger charge is -2.35. The SMILES string of the molecule is Cc1ccc(CC(=O)N2CCN(c3ccc(-c4cc(-c5cnn(C)c5)cn5nccc45)cn3)CC2)cc1. The van der Waals surface area contributed by atoms with E-state index in [1.807, 2.05) is 65.6 Å². The number of carbonyl (C=O) groups is 1. The molecule has 5 heterocycles. The molecular formula is C29H29N7O. The summed E-state index contributed by atoms with van der Waals surface area (Å²) in [6.45, 7) is 5.02. The van der Waals surface area contributed by atoms with Crippen molar-refractivity contribution in [3.63, 3.8) is 0 Å². The lowest BCUT2D eigenvalue weighted by Crippen LogP contribution is -2.49. The number of nitrogens with zero attached hydrogens (tertiary/aromatic N) is 7. The van der Waals surface area contributed by atoms with Gasteiger partial charge in [-0.1, -0.05) is 29.8 Å². The molecule has 0 radical (unpaired) electrons. The van der Waals surface area contributed by atoms with Gasteiger partial charge in [-0.25, -0.2) is 9.50 Å². The maximum absolute atomic E-state index is 12.8. The molecule has 1 amide bonds. The lowest BCUT2D eigenvalue weighted by atomic mass is 10.0. The number of amides is 1. The summed E-state index contributed by atoms with van der Waals surface area (Å²) in [5.74, 6) is 1.12. The third-order valence-electron chi connectivity index (χ3n) is 7.04. The maximum Gasteiger partial charge on any atom is 0.227 e. The number of benzene rings is 1. The number of carbonyl (C=O) groups excluding carboxylic acids is 1. The molecule has 8 nitrogen and oxygen atoms in total. The second-order valence-corrected chi connectivity index (χ2v) is 9.64. The quantitative estimate of drug-likeness (QED) is 0.372. The van der Waals surface area contributed by atoms with Crippen LogP contribution >= 0.6 is 0 Å². The number of anilines is 1. The van der Waals surface area contributed by atoms with E-state index in [1.54, 1.807) is 4.68 Å². The first-order valence-electron chi connectivity index (χ1n) is 12.5. The van der Waals surface area contributed by atoms with Gasteiger partial charge in [0.25, 0.3) is 0 Å². The number of fused-ring (bicyclic) bond motifs is 1. The fourth-order valence-electron chi connectivity index (χ4n) is 4.90. The number of hydrogen-bond donors (Lipinski definition) is 0. The van der Waals surface area contributed by atoms with Gasteiger partial charge in [-0.05, 0) is 36.8 Å². The number of pyridine rings is 2. The number of piperazine rings is 1. The Kier molecular flexibility index (Phi) is 5.92. The monoisotopic (exact) mass is 491 g/mol. The van der Waals surface area contributed by atoms with Gasteiger partial charge in [0.15, 0.2) is 0 Å². The number of aryl methyl sites for hydroxylation is 2. The minimum absolute atomic E-state index is 0.185. The highest BCUT2D eigenvalue weighted by Crippen LogP contribution is 2.30. The normalized spacial score (nSPS) is 13.9. The Hall–Kier alpha value is -4.46. The predicted molar refractivity (Wildman–Crippen MR) is 144 cm³/mol. The van der Waals surface area contributed by atoms with Crippen LogP contribution in [0.3, 0.4) is 0 Å². The minimum atomic E-state index is 0.185. The van der Waals surface area contributed by atoms with Gasteiger partial charge in [0.1, 0.15) is 5.82 Å². The van der Waals surface area contributed by atoms with Crippen molar-refractivity contribution in [2.24, 2.45) is 7.05 Å². The van der Waals surface area contributed by atoms with Crippen LogP contribution in [0.25, 0.3) is 27.8 Å². The van der Waals surface area contributed by atoms with Crippen LogP contribution in [0.2, 0.25) is 0 Å². The molecule has 0 bridgehead atoms. The summed E-state index contributed by atoms with van der Waals surface area (Å²) >= 11 is 0. The zero-order chi connectivity index (χ0) is 25.4. The van der Waals surface area contributed by atoms with Crippen LogP contribution < -0.4 is 4.90 Å². The van der Waals surface area contributed by atoms with Crippen LogP contribution in [0.15, 0.2) is 79.5 Å². The van der Waals surface area contributed by atoms with E-state index < -0.39 is 0 Å². The van der Waals surface area contributed by atoms with Gasteiger partial charge in [0.2, 0.25) is 5.91 Å². The van der Waals surface area contributed by atoms with E-state index in [0.29, 0.717) is 19.5 Å². The van der Waals surface area contributed by atoms with Crippen molar-refractivity contribution in [2.45, 2.75) is 13.3 Å². The molecular weight excluding hydrogens is 462 g/mol. The van der Waals surface area contributed by atoms with Crippen molar-refractivity contribution in [1.82, 2.24) is 29.3 Å². The summed E-state index contributed by atoms with van der Waals surface area (Å²) in [7, 11) is 1.92. The van der Waals surface area contributed by atoms with Crippen LogP contribution in [0.5, 0.6) is 0 Å². The number of hydrogen-bond acceptors (Lipinski definition) is 5. The third-order valence-corrected chi connectivity index (χ3v) is 7.04. The highest BCUT2D eigenvalue weighted by molar-refractivity contribution is 5.84. The van der Waals surface area contributed by atoms with Crippen LogP contribution in [-0.4, -0.2) is 61.4 Å².